The van der Waals surface area contributed by atoms with E-state index in [1.54, 1.807) is 5.32 Å². The van der Waals surface area contributed by atoms with Crippen LogP contribution < -0.4 is 5.32 Å². The Bertz CT molecular complexity index is 418. The molecule has 1 atom stereocenters. The Kier molecular flexibility index (Phi) is 1.59. The summed E-state index contributed by atoms with van der Waals surface area (Å²) >= 11 is 0. The summed E-state index contributed by atoms with van der Waals surface area (Å²) in [5.74, 6) is -4.11. The molecule has 0 aromatic carbocycles. The molecule has 0 aliphatic carbocycles. The Balaban J connectivity index is 2.54. The number of amides is 5. The minimum atomic E-state index is -2.72. The van der Waals surface area contributed by atoms with Crippen molar-refractivity contribution in [2.24, 2.45) is 4.99 Å². The van der Waals surface area contributed by atoms with Gasteiger partial charge in [0.15, 0.2) is 5.71 Å². The number of imide groups is 1. The lowest BCUT2D eigenvalue weighted by Gasteiger charge is -2.36. The maximum absolute atomic E-state index is 11.1. The van der Waals surface area contributed by atoms with Gasteiger partial charge in [0, 0.05) is 0 Å². The van der Waals surface area contributed by atoms with Gasteiger partial charge < -0.3 is 5.11 Å². The summed E-state index contributed by atoms with van der Waals surface area (Å²) < 4.78 is 0. The number of urea groups is 2. The fourth-order valence-electron chi connectivity index (χ4n) is 1.18. The molecule has 1 fully saturated rings. The molecule has 1 unspecified atom stereocenters. The van der Waals surface area contributed by atoms with Gasteiger partial charge in [-0.1, -0.05) is 0 Å². The maximum Gasteiger partial charge on any atom is 0.379 e. The lowest BCUT2D eigenvalue weighted by molar-refractivity contribution is -0.226. The predicted octanol–water partition coefficient (Wildman–Crippen LogP) is -2.16. The minimum Gasteiger partial charge on any atom is -0.347 e. The van der Waals surface area contributed by atoms with Crippen molar-refractivity contribution in [1.29, 1.82) is 0 Å². The van der Waals surface area contributed by atoms with Crippen LogP contribution in [-0.4, -0.2) is 55.2 Å². The Morgan fingerprint density at radius 3 is 2.47 bits per heavy atom. The number of hydroxylamine groups is 4. The van der Waals surface area contributed by atoms with E-state index in [9.17, 15) is 19.5 Å². The first-order valence-corrected chi connectivity index (χ1v) is 3.58. The van der Waals surface area contributed by atoms with E-state index in [1.807, 2.05) is 0 Å². The predicted molar refractivity (Wildman–Crippen MR) is 38.6 cm³/mol. The molecule has 10 heteroatoms. The lowest BCUT2D eigenvalue weighted by atomic mass is 10.2. The van der Waals surface area contributed by atoms with E-state index in [0.29, 0.717) is 0 Å². The zero-order chi connectivity index (χ0) is 11.4. The van der Waals surface area contributed by atoms with Gasteiger partial charge in [0.1, 0.15) is 0 Å². The second-order valence-electron chi connectivity index (χ2n) is 2.77. The fraction of sp³-hybridized carbons (Fsp3) is 0.200. The summed E-state index contributed by atoms with van der Waals surface area (Å²) in [6, 6.07) is -2.73. The van der Waals surface area contributed by atoms with Crippen LogP contribution in [0.25, 0.3) is 0 Å². The quantitative estimate of drug-likeness (QED) is 0.339. The Hall–Kier alpha value is -2.04. The average molecular weight is 216 g/mol. The van der Waals surface area contributed by atoms with Crippen LogP contribution in [0.1, 0.15) is 0 Å². The third kappa shape index (κ3) is 0.971. The fourth-order valence-corrected chi connectivity index (χ4v) is 1.18. The molecular formula is C5H4N4O6. The molecule has 0 saturated carbocycles. The first kappa shape index (κ1) is 9.51. The molecular weight excluding hydrogens is 212 g/mol. The van der Waals surface area contributed by atoms with Crippen molar-refractivity contribution < 1.29 is 29.9 Å². The van der Waals surface area contributed by atoms with Crippen molar-refractivity contribution in [3.8, 4) is 0 Å². The molecule has 0 radical (unpaired) electrons. The van der Waals surface area contributed by atoms with Gasteiger partial charge in [-0.25, -0.2) is 9.59 Å². The number of carbonyl (C=O) groups is 3. The molecule has 0 aromatic rings. The zero-order valence-corrected chi connectivity index (χ0v) is 6.91. The minimum absolute atomic E-state index is 0.419. The highest BCUT2D eigenvalue weighted by atomic mass is 16.6. The molecule has 2 aliphatic heterocycles. The van der Waals surface area contributed by atoms with E-state index in [4.69, 9.17) is 10.4 Å². The van der Waals surface area contributed by atoms with Gasteiger partial charge in [0.2, 0.25) is 0 Å². The van der Waals surface area contributed by atoms with Crippen LogP contribution >= 0.6 is 0 Å². The van der Waals surface area contributed by atoms with Crippen molar-refractivity contribution >= 4 is 23.7 Å². The van der Waals surface area contributed by atoms with Crippen LogP contribution in [0.2, 0.25) is 0 Å². The van der Waals surface area contributed by atoms with Crippen LogP contribution in [0, 0.1) is 0 Å². The second kappa shape index (κ2) is 2.50. The van der Waals surface area contributed by atoms with E-state index >= 15 is 0 Å². The van der Waals surface area contributed by atoms with Crippen LogP contribution in [0.15, 0.2) is 4.99 Å². The molecule has 10 nitrogen and oxygen atoms in total. The number of carbonyl (C=O) groups excluding carboxylic acids is 3. The van der Waals surface area contributed by atoms with Crippen molar-refractivity contribution in [1.82, 2.24) is 15.4 Å². The summed E-state index contributed by atoms with van der Waals surface area (Å²) in [5, 5.41) is 28.3. The number of fused-ring (bicyclic) bond motifs is 1. The average Bonchev–Trinajstić information content (AvgIpc) is 2.49. The number of nitrogens with zero attached hydrogens (tertiary/aromatic N) is 3. The van der Waals surface area contributed by atoms with Crippen LogP contribution in [0.4, 0.5) is 9.59 Å². The number of hydrogen-bond acceptors (Lipinski definition) is 6. The molecule has 5 amide bonds. The van der Waals surface area contributed by atoms with Crippen LogP contribution in [0.5, 0.6) is 0 Å². The van der Waals surface area contributed by atoms with Gasteiger partial charge >= 0.3 is 18.0 Å². The lowest BCUT2D eigenvalue weighted by Crippen LogP contribution is -2.71. The van der Waals surface area contributed by atoms with Crippen molar-refractivity contribution in [3.05, 3.63) is 0 Å². The number of nitrogens with one attached hydrogen (secondary N) is 1. The molecule has 2 rings (SSSR count). The van der Waals surface area contributed by atoms with E-state index in [-0.39, 0.29) is 0 Å². The Labute approximate surface area is 80.9 Å². The van der Waals surface area contributed by atoms with Gasteiger partial charge in [-0.05, 0) is 0 Å². The van der Waals surface area contributed by atoms with Crippen LogP contribution in [-0.2, 0) is 4.79 Å². The normalized spacial score (nSPS) is 30.3. The number of hydrogen-bond donors (Lipinski definition) is 4. The summed E-state index contributed by atoms with van der Waals surface area (Å²) in [5.41, 5.74) is -0.892. The smallest absolute Gasteiger partial charge is 0.347 e. The first-order chi connectivity index (χ1) is 6.88. The van der Waals surface area contributed by atoms with E-state index < -0.39 is 39.7 Å². The highest BCUT2D eigenvalue weighted by molar-refractivity contribution is 6.47. The zero-order valence-electron chi connectivity index (χ0n) is 6.91. The highest BCUT2D eigenvalue weighted by Gasteiger charge is 2.59. The summed E-state index contributed by atoms with van der Waals surface area (Å²) in [7, 11) is 0. The molecule has 2 heterocycles. The largest absolute Gasteiger partial charge is 0.379 e. The number of aliphatic imine (C=N–C) groups is 1. The first-order valence-electron chi connectivity index (χ1n) is 3.58. The maximum atomic E-state index is 11.1. The van der Waals surface area contributed by atoms with Gasteiger partial charge in [-0.15, -0.1) is 10.1 Å². The van der Waals surface area contributed by atoms with E-state index in [2.05, 4.69) is 4.99 Å². The van der Waals surface area contributed by atoms with E-state index in [1.165, 1.54) is 0 Å². The summed E-state index contributed by atoms with van der Waals surface area (Å²) in [6.07, 6.45) is 0. The molecule has 15 heavy (non-hydrogen) atoms. The summed E-state index contributed by atoms with van der Waals surface area (Å²) in [6.45, 7) is 0. The molecule has 0 spiro atoms. The second-order valence-corrected chi connectivity index (χ2v) is 2.77. The van der Waals surface area contributed by atoms with Crippen molar-refractivity contribution in [3.63, 3.8) is 0 Å². The summed E-state index contributed by atoms with van der Waals surface area (Å²) in [4.78, 5) is 35.9. The van der Waals surface area contributed by atoms with Crippen LogP contribution in [0.3, 0.4) is 0 Å². The SMILES string of the molecule is O=C1N=C2C(=O)N(O)C(=O)N(O)C2(O)N1. The van der Waals surface area contributed by atoms with Crippen molar-refractivity contribution in [2.45, 2.75) is 5.85 Å². The standard InChI is InChI=1S/C5H4N4O6/c10-2-1-5(13,7-3(11)6-1)9(15)4(12)8(2)14/h13-15H,(H,7,11). The molecule has 0 aromatic heterocycles. The topological polar surface area (TPSA) is 143 Å². The third-order valence-corrected chi connectivity index (χ3v) is 1.89. The Morgan fingerprint density at radius 1 is 1.27 bits per heavy atom. The van der Waals surface area contributed by atoms with E-state index in [0.717, 1.165) is 0 Å². The van der Waals surface area contributed by atoms with Gasteiger partial charge in [0.05, 0.1) is 0 Å². The number of aliphatic hydroxyl groups is 1. The van der Waals surface area contributed by atoms with Crippen molar-refractivity contribution in [2.75, 3.05) is 0 Å². The molecule has 0 bridgehead atoms. The number of rotatable bonds is 0. The molecule has 1 saturated heterocycles. The van der Waals surface area contributed by atoms with Gasteiger partial charge in [0.25, 0.3) is 5.85 Å². The monoisotopic (exact) mass is 216 g/mol. The van der Waals surface area contributed by atoms with Gasteiger partial charge in [-0.3, -0.25) is 20.5 Å². The molecule has 80 valence electrons. The Morgan fingerprint density at radius 2 is 1.87 bits per heavy atom. The molecule has 4 N–H and O–H groups in total. The third-order valence-electron chi connectivity index (χ3n) is 1.89. The molecule has 2 aliphatic rings. The van der Waals surface area contributed by atoms with Gasteiger partial charge in [-0.2, -0.15) is 4.99 Å². The highest BCUT2D eigenvalue weighted by Crippen LogP contribution is 2.22.